The molecule has 5 nitrogen and oxygen atoms in total. The van der Waals surface area contributed by atoms with Crippen molar-refractivity contribution in [3.05, 3.63) is 28.8 Å². The van der Waals surface area contributed by atoms with Gasteiger partial charge in [0.15, 0.2) is 0 Å². The predicted octanol–water partition coefficient (Wildman–Crippen LogP) is 2.52. The van der Waals surface area contributed by atoms with Gasteiger partial charge in [-0.1, -0.05) is 45.4 Å². The van der Waals surface area contributed by atoms with E-state index in [1.54, 1.807) is 7.05 Å². The number of amides is 1. The van der Waals surface area contributed by atoms with Crippen LogP contribution < -0.4 is 0 Å². The zero-order valence-corrected chi connectivity index (χ0v) is 16.4. The van der Waals surface area contributed by atoms with Crippen molar-refractivity contribution in [1.29, 1.82) is 0 Å². The summed E-state index contributed by atoms with van der Waals surface area (Å²) in [6, 6.07) is 3.88. The van der Waals surface area contributed by atoms with Crippen molar-refractivity contribution < 1.29 is 20.1 Å². The summed E-state index contributed by atoms with van der Waals surface area (Å²) in [4.78, 5) is 14.0. The highest BCUT2D eigenvalue weighted by atomic mass is 16.3. The van der Waals surface area contributed by atoms with Gasteiger partial charge in [-0.05, 0) is 36.3 Å². The van der Waals surface area contributed by atoms with Crippen LogP contribution in [0.15, 0.2) is 12.1 Å². The van der Waals surface area contributed by atoms with E-state index < -0.39 is 5.54 Å². The maximum Gasteiger partial charge on any atom is 0.223 e. The molecule has 1 aromatic carbocycles. The van der Waals surface area contributed by atoms with Crippen LogP contribution in [0.3, 0.4) is 0 Å². The van der Waals surface area contributed by atoms with E-state index in [-0.39, 0.29) is 36.7 Å². The molecule has 0 aliphatic heterocycles. The molecule has 1 amide bonds. The Hall–Kier alpha value is -1.59. The van der Waals surface area contributed by atoms with Crippen LogP contribution in [-0.2, 0) is 16.6 Å². The van der Waals surface area contributed by atoms with Crippen molar-refractivity contribution in [2.24, 2.45) is 0 Å². The molecule has 0 saturated heterocycles. The lowest BCUT2D eigenvalue weighted by molar-refractivity contribution is -0.140. The average Bonchev–Trinajstić information content (AvgIpc) is 2.55. The third-order valence-electron chi connectivity index (χ3n) is 5.08. The van der Waals surface area contributed by atoms with Crippen molar-refractivity contribution in [1.82, 2.24) is 4.90 Å². The number of phenolic OH excluding ortho intramolecular Hbond substituents is 1. The maximum absolute atomic E-state index is 12.5. The van der Waals surface area contributed by atoms with Gasteiger partial charge in [0.2, 0.25) is 5.91 Å². The number of nitrogens with zero attached hydrogens (tertiary/aromatic N) is 1. The quantitative estimate of drug-likeness (QED) is 0.705. The van der Waals surface area contributed by atoms with E-state index in [9.17, 15) is 20.1 Å². The largest absolute Gasteiger partial charge is 0.507 e. The molecule has 0 atom stereocenters. The van der Waals surface area contributed by atoms with Gasteiger partial charge >= 0.3 is 0 Å². The Bertz CT molecular complexity index is 592. The number of carbonyl (C=O) groups excluding carboxylic acids is 1. The van der Waals surface area contributed by atoms with Crippen LogP contribution in [0.1, 0.15) is 57.2 Å². The first-order valence-corrected chi connectivity index (χ1v) is 8.83. The summed E-state index contributed by atoms with van der Waals surface area (Å²) >= 11 is 0. The normalized spacial score (nSPS) is 12.3. The van der Waals surface area contributed by atoms with Gasteiger partial charge in [0.05, 0.1) is 18.8 Å². The van der Waals surface area contributed by atoms with Gasteiger partial charge in [0, 0.05) is 13.5 Å². The minimum Gasteiger partial charge on any atom is -0.507 e. The van der Waals surface area contributed by atoms with Gasteiger partial charge in [-0.25, -0.2) is 0 Å². The highest BCUT2D eigenvalue weighted by Gasteiger charge is 2.34. The zero-order chi connectivity index (χ0) is 19.4. The van der Waals surface area contributed by atoms with Crippen LogP contribution in [0.2, 0.25) is 0 Å². The predicted molar refractivity (Wildman–Crippen MR) is 99.8 cm³/mol. The van der Waals surface area contributed by atoms with Crippen molar-refractivity contribution in [3.63, 3.8) is 0 Å². The van der Waals surface area contributed by atoms with Gasteiger partial charge in [-0.3, -0.25) is 4.79 Å². The zero-order valence-electron chi connectivity index (χ0n) is 16.4. The molecule has 0 bridgehead atoms. The minimum atomic E-state index is -0.942. The van der Waals surface area contributed by atoms with Crippen molar-refractivity contribution >= 4 is 5.91 Å². The summed E-state index contributed by atoms with van der Waals surface area (Å²) in [5, 5.41) is 29.8. The minimum absolute atomic E-state index is 0.164. The third-order valence-corrected chi connectivity index (χ3v) is 5.08. The average molecular weight is 351 g/mol. The van der Waals surface area contributed by atoms with E-state index in [4.69, 9.17) is 0 Å². The molecule has 0 aliphatic carbocycles. The number of aliphatic hydroxyl groups excluding tert-OH is 2. The lowest BCUT2D eigenvalue weighted by Crippen LogP contribution is -2.54. The van der Waals surface area contributed by atoms with Crippen LogP contribution in [-0.4, -0.2) is 51.9 Å². The smallest absolute Gasteiger partial charge is 0.223 e. The first kappa shape index (κ1) is 21.5. The lowest BCUT2D eigenvalue weighted by atomic mass is 9.83. The number of carbonyl (C=O) groups is 1. The maximum atomic E-state index is 12.5. The molecule has 0 fully saturated rings. The SMILES string of the molecule is CCC(CO)(CO)N(C)C(=O)CCc1cc(C)cc(C(C)(C)C)c1O. The topological polar surface area (TPSA) is 81.0 Å². The molecular weight excluding hydrogens is 318 g/mol. The fraction of sp³-hybridized carbons (Fsp3) is 0.650. The Morgan fingerprint density at radius 1 is 1.16 bits per heavy atom. The van der Waals surface area contributed by atoms with Crippen molar-refractivity contribution in [3.8, 4) is 5.75 Å². The van der Waals surface area contributed by atoms with Crippen LogP contribution in [0.25, 0.3) is 0 Å². The number of phenols is 1. The molecule has 0 unspecified atom stereocenters. The molecule has 0 heterocycles. The summed E-state index contributed by atoms with van der Waals surface area (Å²) in [6.07, 6.45) is 1.08. The molecule has 1 aromatic rings. The number of benzene rings is 1. The second kappa shape index (κ2) is 8.19. The molecule has 3 N–H and O–H groups in total. The standard InChI is InChI=1S/C20H33NO4/c1-7-20(12-22,13-23)21(6)17(24)9-8-15-10-14(2)11-16(18(15)25)19(3,4)5/h10-11,22-23,25H,7-9,12-13H2,1-6H3. The molecule has 0 aliphatic rings. The van der Waals surface area contributed by atoms with E-state index in [2.05, 4.69) is 0 Å². The summed E-state index contributed by atoms with van der Waals surface area (Å²) in [5.41, 5.74) is 1.55. The number of aryl methyl sites for hydroxylation is 2. The highest BCUT2D eigenvalue weighted by Crippen LogP contribution is 2.35. The van der Waals surface area contributed by atoms with Crippen LogP contribution >= 0.6 is 0 Å². The summed E-state index contributed by atoms with van der Waals surface area (Å²) in [7, 11) is 1.61. The van der Waals surface area contributed by atoms with Crippen molar-refractivity contribution in [2.75, 3.05) is 20.3 Å². The van der Waals surface area contributed by atoms with Gasteiger partial charge in [0.25, 0.3) is 0 Å². The Morgan fingerprint density at radius 3 is 2.16 bits per heavy atom. The molecule has 0 spiro atoms. The Kier molecular flexibility index (Phi) is 7.03. The Balaban J connectivity index is 2.98. The molecule has 0 radical (unpaired) electrons. The lowest BCUT2D eigenvalue weighted by Gasteiger charge is -2.38. The molecule has 0 saturated carbocycles. The number of hydrogen-bond donors (Lipinski definition) is 3. The fourth-order valence-corrected chi connectivity index (χ4v) is 3.01. The summed E-state index contributed by atoms with van der Waals surface area (Å²) in [5.74, 6) is 0.0859. The fourth-order valence-electron chi connectivity index (χ4n) is 3.01. The number of likely N-dealkylation sites (N-methyl/N-ethyl adjacent to an activating group) is 1. The van der Waals surface area contributed by atoms with Gasteiger partial charge in [0.1, 0.15) is 5.75 Å². The number of rotatable bonds is 7. The summed E-state index contributed by atoms with van der Waals surface area (Å²) < 4.78 is 0. The first-order chi connectivity index (χ1) is 11.5. The van der Waals surface area contributed by atoms with Gasteiger partial charge in [-0.2, -0.15) is 0 Å². The van der Waals surface area contributed by atoms with E-state index in [0.29, 0.717) is 12.8 Å². The van der Waals surface area contributed by atoms with Crippen molar-refractivity contribution in [2.45, 2.75) is 64.8 Å². The van der Waals surface area contributed by atoms with E-state index in [0.717, 1.165) is 16.7 Å². The molecular formula is C20H33NO4. The van der Waals surface area contributed by atoms with E-state index in [1.165, 1.54) is 4.90 Å². The molecule has 25 heavy (non-hydrogen) atoms. The monoisotopic (exact) mass is 351 g/mol. The molecule has 0 aromatic heterocycles. The number of hydrogen-bond acceptors (Lipinski definition) is 4. The Labute approximate surface area is 151 Å². The second-order valence-electron chi connectivity index (χ2n) is 7.92. The molecule has 1 rings (SSSR count). The molecule has 142 valence electrons. The van der Waals surface area contributed by atoms with Crippen LogP contribution in [0.4, 0.5) is 0 Å². The first-order valence-electron chi connectivity index (χ1n) is 8.83. The summed E-state index contributed by atoms with van der Waals surface area (Å²) in [6.45, 7) is 9.37. The number of aromatic hydroxyl groups is 1. The highest BCUT2D eigenvalue weighted by molar-refractivity contribution is 5.77. The van der Waals surface area contributed by atoms with E-state index >= 15 is 0 Å². The molecule has 5 heteroatoms. The van der Waals surface area contributed by atoms with E-state index in [1.807, 2.05) is 46.8 Å². The number of aliphatic hydroxyl groups is 2. The van der Waals surface area contributed by atoms with Gasteiger partial charge in [-0.15, -0.1) is 0 Å². The van der Waals surface area contributed by atoms with Crippen LogP contribution in [0, 0.1) is 6.92 Å². The third kappa shape index (κ3) is 4.73. The van der Waals surface area contributed by atoms with Gasteiger partial charge < -0.3 is 20.2 Å². The van der Waals surface area contributed by atoms with Crippen LogP contribution in [0.5, 0.6) is 5.75 Å². The second-order valence-corrected chi connectivity index (χ2v) is 7.92. The Morgan fingerprint density at radius 2 is 1.72 bits per heavy atom.